The third kappa shape index (κ3) is 3.31. The summed E-state index contributed by atoms with van der Waals surface area (Å²) in [5.74, 6) is -1.49. The number of aryl methyl sites for hydroxylation is 1. The van der Waals surface area contributed by atoms with Crippen LogP contribution in [0.5, 0.6) is 5.75 Å². The molecule has 0 N–H and O–H groups in total. The van der Waals surface area contributed by atoms with Crippen molar-refractivity contribution in [3.05, 3.63) is 53.6 Å². The number of hydrogen-bond acceptors (Lipinski definition) is 4. The minimum atomic E-state index is -4.87. The van der Waals surface area contributed by atoms with Crippen LogP contribution in [0.25, 0.3) is 0 Å². The maximum atomic E-state index is 12.3. The van der Waals surface area contributed by atoms with Crippen LogP contribution in [0.2, 0.25) is 0 Å². The zero-order chi connectivity index (χ0) is 14.8. The molecule has 0 aliphatic heterocycles. The van der Waals surface area contributed by atoms with Gasteiger partial charge >= 0.3 is 6.36 Å². The summed E-state index contributed by atoms with van der Waals surface area (Å²) in [5.41, 5.74) is 0.495. The Morgan fingerprint density at radius 3 is 2.35 bits per heavy atom. The Morgan fingerprint density at radius 2 is 1.75 bits per heavy atom. The third-order valence-electron chi connectivity index (χ3n) is 2.34. The molecule has 104 valence electrons. The molecule has 7 heteroatoms. The lowest BCUT2D eigenvalue weighted by Gasteiger charge is -2.11. The molecule has 0 aliphatic rings. The van der Waals surface area contributed by atoms with Crippen molar-refractivity contribution in [1.82, 2.24) is 9.97 Å². The molecule has 0 unspecified atom stereocenters. The summed E-state index contributed by atoms with van der Waals surface area (Å²) in [4.78, 5) is 19.7. The number of ether oxygens (including phenoxy) is 1. The normalized spacial score (nSPS) is 11.2. The number of aromatic nitrogens is 2. The first-order valence-electron chi connectivity index (χ1n) is 5.55. The topological polar surface area (TPSA) is 52.1 Å². The van der Waals surface area contributed by atoms with Gasteiger partial charge in [-0.3, -0.25) is 4.79 Å². The standard InChI is InChI=1S/C13H9F3N2O2/c1-8-6-17-12(18-7-8)11(19)9-4-2-3-5-10(9)20-13(14,15)16/h2-7H,1H3. The van der Waals surface area contributed by atoms with E-state index < -0.39 is 17.9 Å². The van der Waals surface area contributed by atoms with Gasteiger partial charge in [-0.2, -0.15) is 0 Å². The Morgan fingerprint density at radius 1 is 1.15 bits per heavy atom. The first kappa shape index (κ1) is 14.0. The molecule has 0 saturated carbocycles. The van der Waals surface area contributed by atoms with Gasteiger partial charge in [0.1, 0.15) is 5.75 Å². The van der Waals surface area contributed by atoms with E-state index in [-0.39, 0.29) is 11.4 Å². The number of carbonyl (C=O) groups is 1. The van der Waals surface area contributed by atoms with E-state index in [1.165, 1.54) is 30.6 Å². The Balaban J connectivity index is 2.37. The number of nitrogens with zero attached hydrogens (tertiary/aromatic N) is 2. The predicted octanol–water partition coefficient (Wildman–Crippen LogP) is 2.91. The molecule has 0 aliphatic carbocycles. The van der Waals surface area contributed by atoms with Gasteiger partial charge in [0.05, 0.1) is 5.56 Å². The van der Waals surface area contributed by atoms with Crippen molar-refractivity contribution in [3.8, 4) is 5.75 Å². The quantitative estimate of drug-likeness (QED) is 0.812. The number of alkyl halides is 3. The van der Waals surface area contributed by atoms with E-state index in [1.807, 2.05) is 0 Å². The molecular formula is C13H9F3N2O2. The predicted molar refractivity (Wildman–Crippen MR) is 63.3 cm³/mol. The van der Waals surface area contributed by atoms with E-state index in [4.69, 9.17) is 0 Å². The van der Waals surface area contributed by atoms with Crippen molar-refractivity contribution < 1.29 is 22.7 Å². The van der Waals surface area contributed by atoms with Gasteiger partial charge in [-0.25, -0.2) is 9.97 Å². The van der Waals surface area contributed by atoms with E-state index in [1.54, 1.807) is 6.92 Å². The molecule has 1 heterocycles. The molecule has 4 nitrogen and oxygen atoms in total. The van der Waals surface area contributed by atoms with E-state index in [9.17, 15) is 18.0 Å². The van der Waals surface area contributed by atoms with Gasteiger partial charge in [-0.15, -0.1) is 13.2 Å². The Hall–Kier alpha value is -2.44. The second-order valence-electron chi connectivity index (χ2n) is 3.96. The highest BCUT2D eigenvalue weighted by atomic mass is 19.4. The number of benzene rings is 1. The van der Waals surface area contributed by atoms with Gasteiger partial charge in [-0.1, -0.05) is 12.1 Å². The molecule has 0 saturated heterocycles. The van der Waals surface area contributed by atoms with Crippen LogP contribution < -0.4 is 4.74 Å². The number of para-hydroxylation sites is 1. The average molecular weight is 282 g/mol. The number of halogens is 3. The van der Waals surface area contributed by atoms with Crippen LogP contribution in [0.3, 0.4) is 0 Å². The maximum absolute atomic E-state index is 12.3. The molecule has 0 radical (unpaired) electrons. The molecule has 0 spiro atoms. The first-order valence-corrected chi connectivity index (χ1v) is 5.55. The summed E-state index contributed by atoms with van der Waals surface area (Å²) in [5, 5.41) is 0. The summed E-state index contributed by atoms with van der Waals surface area (Å²) < 4.78 is 40.6. The lowest BCUT2D eigenvalue weighted by molar-refractivity contribution is -0.274. The summed E-state index contributed by atoms with van der Waals surface area (Å²) in [6.45, 7) is 1.73. The molecule has 0 bridgehead atoms. The van der Waals surface area contributed by atoms with E-state index in [0.717, 1.165) is 11.6 Å². The van der Waals surface area contributed by atoms with Crippen molar-refractivity contribution in [2.75, 3.05) is 0 Å². The fraction of sp³-hybridized carbons (Fsp3) is 0.154. The SMILES string of the molecule is Cc1cnc(C(=O)c2ccccc2OC(F)(F)F)nc1. The fourth-order valence-electron chi connectivity index (χ4n) is 1.50. The molecule has 0 atom stereocenters. The van der Waals surface area contributed by atoms with Crippen LogP contribution in [-0.4, -0.2) is 22.1 Å². The summed E-state index contributed by atoms with van der Waals surface area (Å²) in [6, 6.07) is 5.07. The van der Waals surface area contributed by atoms with E-state index in [2.05, 4.69) is 14.7 Å². The smallest absolute Gasteiger partial charge is 0.405 e. The lowest BCUT2D eigenvalue weighted by Crippen LogP contribution is -2.19. The molecule has 1 aromatic heterocycles. The van der Waals surface area contributed by atoms with Crippen LogP contribution in [0.15, 0.2) is 36.7 Å². The second-order valence-corrected chi connectivity index (χ2v) is 3.96. The monoisotopic (exact) mass is 282 g/mol. The van der Waals surface area contributed by atoms with Crippen LogP contribution in [-0.2, 0) is 0 Å². The minimum Gasteiger partial charge on any atom is -0.405 e. The first-order chi connectivity index (χ1) is 9.37. The van der Waals surface area contributed by atoms with Gasteiger partial charge < -0.3 is 4.74 Å². The van der Waals surface area contributed by atoms with Gasteiger partial charge in [0.15, 0.2) is 0 Å². The molecule has 0 amide bonds. The number of hydrogen-bond donors (Lipinski definition) is 0. The fourth-order valence-corrected chi connectivity index (χ4v) is 1.50. The highest BCUT2D eigenvalue weighted by Crippen LogP contribution is 2.27. The van der Waals surface area contributed by atoms with Crippen molar-refractivity contribution in [2.24, 2.45) is 0 Å². The molecule has 2 aromatic rings. The number of rotatable bonds is 3. The van der Waals surface area contributed by atoms with Crippen LogP contribution in [0, 0.1) is 6.92 Å². The van der Waals surface area contributed by atoms with Gasteiger partial charge in [-0.05, 0) is 24.6 Å². The number of carbonyl (C=O) groups excluding carboxylic acids is 1. The maximum Gasteiger partial charge on any atom is 0.573 e. The molecule has 20 heavy (non-hydrogen) atoms. The highest BCUT2D eigenvalue weighted by Gasteiger charge is 2.33. The molecule has 0 fully saturated rings. The molecular weight excluding hydrogens is 273 g/mol. The Bertz CT molecular complexity index is 624. The summed E-state index contributed by atoms with van der Waals surface area (Å²) >= 11 is 0. The van der Waals surface area contributed by atoms with E-state index >= 15 is 0 Å². The third-order valence-corrected chi connectivity index (χ3v) is 2.34. The van der Waals surface area contributed by atoms with Gasteiger partial charge in [0, 0.05) is 12.4 Å². The molecule has 1 aromatic carbocycles. The number of ketones is 1. The van der Waals surface area contributed by atoms with Crippen LogP contribution in [0.1, 0.15) is 21.7 Å². The average Bonchev–Trinajstić information content (AvgIpc) is 2.37. The summed E-state index contributed by atoms with van der Waals surface area (Å²) in [7, 11) is 0. The van der Waals surface area contributed by atoms with Crippen LogP contribution in [0.4, 0.5) is 13.2 Å². The zero-order valence-corrected chi connectivity index (χ0v) is 10.3. The summed E-state index contributed by atoms with van der Waals surface area (Å²) in [6.07, 6.45) is -2.05. The second kappa shape index (κ2) is 5.28. The Labute approximate surface area is 112 Å². The van der Waals surface area contributed by atoms with Crippen molar-refractivity contribution in [2.45, 2.75) is 13.3 Å². The van der Waals surface area contributed by atoms with Crippen molar-refractivity contribution in [1.29, 1.82) is 0 Å². The van der Waals surface area contributed by atoms with Gasteiger partial charge in [0.2, 0.25) is 11.6 Å². The van der Waals surface area contributed by atoms with Crippen molar-refractivity contribution in [3.63, 3.8) is 0 Å². The van der Waals surface area contributed by atoms with Crippen LogP contribution >= 0.6 is 0 Å². The zero-order valence-electron chi connectivity index (χ0n) is 10.3. The molecule has 2 rings (SSSR count). The van der Waals surface area contributed by atoms with Gasteiger partial charge in [0.25, 0.3) is 0 Å². The highest BCUT2D eigenvalue weighted by molar-refractivity contribution is 6.08. The van der Waals surface area contributed by atoms with E-state index in [0.29, 0.717) is 0 Å². The van der Waals surface area contributed by atoms with Crippen molar-refractivity contribution >= 4 is 5.78 Å². The minimum absolute atomic E-state index is 0.186. The Kier molecular flexibility index (Phi) is 3.69. The largest absolute Gasteiger partial charge is 0.573 e. The lowest BCUT2D eigenvalue weighted by atomic mass is 10.1.